The number of fused-ring (bicyclic) bond motifs is 15. The molecule has 0 radical (unpaired) electrons. The number of aromatic nitrogens is 2. The largest absolute Gasteiger partial charge is 0.456 e. The predicted molar refractivity (Wildman–Crippen MR) is 270 cm³/mol. The zero-order valence-electron chi connectivity index (χ0n) is 34.6. The number of nitrogens with zero attached hydrogens (tertiary/aromatic N) is 3. The zero-order valence-corrected chi connectivity index (χ0v) is 34.6. The second-order valence-corrected chi connectivity index (χ2v) is 16.9. The maximum atomic E-state index is 6.41. The number of benzene rings is 11. The van der Waals surface area contributed by atoms with E-state index < -0.39 is 0 Å². The Balaban J connectivity index is 1.09. The minimum Gasteiger partial charge on any atom is -0.456 e. The van der Waals surface area contributed by atoms with Gasteiger partial charge in [-0.15, -0.1) is 0 Å². The Hall–Kier alpha value is -8.60. The standard InChI is InChI=1S/C60H37N3O/c1-2-15-38(16-3-1)62-54-25-11-8-21-47(54)49-33-30-41(37-57(49)62)63-55-26-12-9-22-48(55)51-24-14-27-56(60(51)63)61(40-31-34-59-53(36-40)50-23-10-13-28-58(50)64-59)39-29-32-46-44-19-5-4-17-42(44)43-18-6-7-20-45(43)52(46)35-39/h1-37H. The first-order chi connectivity index (χ1) is 31.8. The van der Waals surface area contributed by atoms with Crippen LogP contribution in [-0.2, 0) is 0 Å². The normalized spacial score (nSPS) is 12.1. The van der Waals surface area contributed by atoms with Crippen LogP contribution in [0.5, 0.6) is 0 Å². The van der Waals surface area contributed by atoms with E-state index >= 15 is 0 Å². The number of para-hydroxylation sites is 5. The number of furan rings is 1. The molecule has 4 nitrogen and oxygen atoms in total. The van der Waals surface area contributed by atoms with Crippen molar-refractivity contribution in [1.29, 1.82) is 0 Å². The van der Waals surface area contributed by atoms with Gasteiger partial charge in [-0.25, -0.2) is 0 Å². The van der Waals surface area contributed by atoms with E-state index in [1.54, 1.807) is 0 Å². The molecule has 0 unspecified atom stereocenters. The van der Waals surface area contributed by atoms with E-state index in [9.17, 15) is 0 Å². The van der Waals surface area contributed by atoms with Crippen LogP contribution >= 0.6 is 0 Å². The van der Waals surface area contributed by atoms with E-state index in [0.717, 1.165) is 66.9 Å². The van der Waals surface area contributed by atoms with E-state index in [1.165, 1.54) is 59.4 Å². The third-order valence-corrected chi connectivity index (χ3v) is 13.4. The monoisotopic (exact) mass is 815 g/mol. The summed E-state index contributed by atoms with van der Waals surface area (Å²) in [7, 11) is 0. The van der Waals surface area contributed by atoms with Crippen LogP contribution in [-0.4, -0.2) is 9.13 Å². The Morgan fingerprint density at radius 3 is 1.52 bits per heavy atom. The Bertz CT molecular complexity index is 4170. The Labute approximate surface area is 367 Å². The Kier molecular flexibility index (Phi) is 7.36. The van der Waals surface area contributed by atoms with Crippen molar-refractivity contribution in [1.82, 2.24) is 9.13 Å². The molecule has 0 fully saturated rings. The van der Waals surface area contributed by atoms with Crippen LogP contribution < -0.4 is 4.90 Å². The highest BCUT2D eigenvalue weighted by Crippen LogP contribution is 2.47. The van der Waals surface area contributed by atoms with Gasteiger partial charge in [0.25, 0.3) is 0 Å². The van der Waals surface area contributed by atoms with Crippen LogP contribution in [0.2, 0.25) is 0 Å². The van der Waals surface area contributed by atoms with Gasteiger partial charge in [-0.2, -0.15) is 0 Å². The van der Waals surface area contributed by atoms with E-state index in [2.05, 4.69) is 232 Å². The smallest absolute Gasteiger partial charge is 0.135 e. The number of hydrogen-bond donors (Lipinski definition) is 0. The van der Waals surface area contributed by atoms with Gasteiger partial charge in [0.15, 0.2) is 0 Å². The van der Waals surface area contributed by atoms with Crippen molar-refractivity contribution in [2.45, 2.75) is 0 Å². The molecule has 0 saturated heterocycles. The van der Waals surface area contributed by atoms with Crippen LogP contribution in [0.3, 0.4) is 0 Å². The lowest BCUT2D eigenvalue weighted by atomic mass is 9.94. The molecule has 298 valence electrons. The first-order valence-electron chi connectivity index (χ1n) is 21.9. The molecule has 0 spiro atoms. The maximum Gasteiger partial charge on any atom is 0.135 e. The molecule has 11 aromatic carbocycles. The van der Waals surface area contributed by atoms with Crippen molar-refractivity contribution in [3.8, 4) is 11.4 Å². The second-order valence-electron chi connectivity index (χ2n) is 16.9. The molecule has 64 heavy (non-hydrogen) atoms. The summed E-state index contributed by atoms with van der Waals surface area (Å²) in [5.41, 5.74) is 11.8. The minimum absolute atomic E-state index is 0.871. The Morgan fingerprint density at radius 1 is 0.281 bits per heavy atom. The van der Waals surface area contributed by atoms with Crippen LogP contribution in [0.4, 0.5) is 17.1 Å². The summed E-state index contributed by atoms with van der Waals surface area (Å²) in [6.45, 7) is 0. The molecule has 0 amide bonds. The molecule has 0 aliphatic rings. The molecule has 0 aliphatic carbocycles. The summed E-state index contributed by atoms with van der Waals surface area (Å²) in [5, 5.41) is 14.5. The molecule has 0 bridgehead atoms. The third kappa shape index (κ3) is 4.99. The SMILES string of the molecule is c1ccc(-n2c3ccccc3c3ccc(-n4c5ccccc5c5cccc(N(c6ccc7oc8ccccc8c7c6)c6ccc7c8ccccc8c8ccccc8c7c6)c54)cc32)cc1. The summed E-state index contributed by atoms with van der Waals surface area (Å²) < 4.78 is 11.3. The van der Waals surface area contributed by atoms with Gasteiger partial charge in [-0.3, -0.25) is 0 Å². The fourth-order valence-electron chi connectivity index (χ4n) is 10.7. The molecule has 0 aliphatic heterocycles. The highest BCUT2D eigenvalue weighted by Gasteiger charge is 2.24. The fourth-order valence-corrected chi connectivity index (χ4v) is 10.7. The van der Waals surface area contributed by atoms with E-state index in [1.807, 2.05) is 6.07 Å². The van der Waals surface area contributed by atoms with Crippen molar-refractivity contribution >= 4 is 115 Å². The van der Waals surface area contributed by atoms with Gasteiger partial charge < -0.3 is 18.5 Å². The van der Waals surface area contributed by atoms with Crippen LogP contribution in [0, 0.1) is 0 Å². The van der Waals surface area contributed by atoms with Gasteiger partial charge in [0.05, 0.1) is 27.8 Å². The van der Waals surface area contributed by atoms with Crippen LogP contribution in [0.25, 0.3) is 109 Å². The molecular weight excluding hydrogens is 779 g/mol. The number of anilines is 3. The Morgan fingerprint density at radius 2 is 0.781 bits per heavy atom. The van der Waals surface area contributed by atoms with Crippen molar-refractivity contribution in [3.63, 3.8) is 0 Å². The molecule has 3 heterocycles. The number of hydrogen-bond acceptors (Lipinski definition) is 2. The quantitative estimate of drug-likeness (QED) is 0.162. The lowest BCUT2D eigenvalue weighted by Gasteiger charge is -2.28. The van der Waals surface area contributed by atoms with Gasteiger partial charge >= 0.3 is 0 Å². The first-order valence-corrected chi connectivity index (χ1v) is 21.9. The lowest BCUT2D eigenvalue weighted by Crippen LogP contribution is -2.12. The molecule has 4 heteroatoms. The van der Waals surface area contributed by atoms with Crippen molar-refractivity contribution in [2.24, 2.45) is 0 Å². The molecule has 14 aromatic rings. The van der Waals surface area contributed by atoms with Gasteiger partial charge in [0, 0.05) is 55.1 Å². The molecule has 0 saturated carbocycles. The number of rotatable bonds is 5. The topological polar surface area (TPSA) is 26.2 Å². The third-order valence-electron chi connectivity index (χ3n) is 13.4. The van der Waals surface area contributed by atoms with Crippen LogP contribution in [0.1, 0.15) is 0 Å². The molecule has 14 rings (SSSR count). The van der Waals surface area contributed by atoms with E-state index in [-0.39, 0.29) is 0 Å². The molecule has 3 aromatic heterocycles. The second kappa shape index (κ2) is 13.4. The summed E-state index contributed by atoms with van der Waals surface area (Å²) in [6.07, 6.45) is 0. The predicted octanol–water partition coefficient (Wildman–Crippen LogP) is 16.7. The van der Waals surface area contributed by atoms with Crippen molar-refractivity contribution < 1.29 is 4.42 Å². The summed E-state index contributed by atoms with van der Waals surface area (Å²) in [4.78, 5) is 2.46. The van der Waals surface area contributed by atoms with Crippen molar-refractivity contribution in [2.75, 3.05) is 4.90 Å². The lowest BCUT2D eigenvalue weighted by molar-refractivity contribution is 0.669. The van der Waals surface area contributed by atoms with E-state index in [0.29, 0.717) is 0 Å². The van der Waals surface area contributed by atoms with Gasteiger partial charge in [-0.1, -0.05) is 146 Å². The highest BCUT2D eigenvalue weighted by atomic mass is 16.3. The highest BCUT2D eigenvalue weighted by molar-refractivity contribution is 6.26. The minimum atomic E-state index is 0.871. The average molecular weight is 816 g/mol. The van der Waals surface area contributed by atoms with Gasteiger partial charge in [0.1, 0.15) is 11.2 Å². The average Bonchev–Trinajstić information content (AvgIpc) is 4.02. The summed E-state index contributed by atoms with van der Waals surface area (Å²) in [6, 6.07) is 81.7. The molecular formula is C60H37N3O. The van der Waals surface area contributed by atoms with Gasteiger partial charge in [-0.05, 0) is 111 Å². The van der Waals surface area contributed by atoms with E-state index in [4.69, 9.17) is 4.42 Å². The fraction of sp³-hybridized carbons (Fsp3) is 0. The molecule has 0 N–H and O–H groups in total. The summed E-state index contributed by atoms with van der Waals surface area (Å²) >= 11 is 0. The first kappa shape index (κ1) is 35.0. The zero-order chi connectivity index (χ0) is 41.9. The molecule has 0 atom stereocenters. The van der Waals surface area contributed by atoms with Crippen molar-refractivity contribution in [3.05, 3.63) is 224 Å². The van der Waals surface area contributed by atoms with Crippen LogP contribution in [0.15, 0.2) is 229 Å². The summed E-state index contributed by atoms with van der Waals surface area (Å²) in [5.74, 6) is 0. The maximum absolute atomic E-state index is 6.41. The van der Waals surface area contributed by atoms with Gasteiger partial charge in [0.2, 0.25) is 0 Å².